The van der Waals surface area contributed by atoms with E-state index in [0.29, 0.717) is 16.3 Å². The van der Waals surface area contributed by atoms with Gasteiger partial charge >= 0.3 is 0 Å². The Morgan fingerprint density at radius 1 is 1.32 bits per heavy atom. The molecule has 0 saturated carbocycles. The van der Waals surface area contributed by atoms with E-state index in [-0.39, 0.29) is 18.4 Å². The Bertz CT molecular complexity index is 675. The van der Waals surface area contributed by atoms with E-state index in [9.17, 15) is 9.18 Å². The average Bonchev–Trinajstić information content (AvgIpc) is 2.50. The third-order valence-corrected chi connectivity index (χ3v) is 3.58. The van der Waals surface area contributed by atoms with Crippen molar-refractivity contribution in [3.63, 3.8) is 0 Å². The van der Waals surface area contributed by atoms with Gasteiger partial charge in [0.15, 0.2) is 0 Å². The summed E-state index contributed by atoms with van der Waals surface area (Å²) in [5, 5.41) is 3.15. The third-order valence-electron chi connectivity index (χ3n) is 3.35. The monoisotopic (exact) mass is 321 g/mol. The van der Waals surface area contributed by atoms with Gasteiger partial charge in [-0.3, -0.25) is 4.79 Å². The molecule has 0 aliphatic carbocycles. The van der Waals surface area contributed by atoms with Crippen LogP contribution < -0.4 is 10.1 Å². The molecule has 5 heteroatoms. The first kappa shape index (κ1) is 16.3. The summed E-state index contributed by atoms with van der Waals surface area (Å²) >= 11 is 5.70. The van der Waals surface area contributed by atoms with E-state index >= 15 is 0 Å². The van der Waals surface area contributed by atoms with Crippen molar-refractivity contribution in [3.8, 4) is 5.75 Å². The Labute approximate surface area is 134 Å². The van der Waals surface area contributed by atoms with Gasteiger partial charge in [0.1, 0.15) is 11.6 Å². The van der Waals surface area contributed by atoms with Crippen molar-refractivity contribution in [1.29, 1.82) is 0 Å². The smallest absolute Gasteiger partial charge is 0.225 e. The van der Waals surface area contributed by atoms with Gasteiger partial charge in [-0.2, -0.15) is 0 Å². The predicted molar refractivity (Wildman–Crippen MR) is 84.7 cm³/mol. The van der Waals surface area contributed by atoms with Crippen LogP contribution in [0.15, 0.2) is 42.5 Å². The minimum atomic E-state index is -0.479. The standard InChI is InChI=1S/C17H17ClFNO2/c1-11(14-5-3-4-6-16(14)22-2)20-17(21)9-12-7-8-13(18)10-15(12)19/h3-8,10-11H,9H2,1-2H3,(H,20,21)/t11-/m1/s1. The Morgan fingerprint density at radius 2 is 2.05 bits per heavy atom. The van der Waals surface area contributed by atoms with Gasteiger partial charge in [0.2, 0.25) is 5.91 Å². The zero-order chi connectivity index (χ0) is 16.1. The number of ether oxygens (including phenoxy) is 1. The van der Waals surface area contributed by atoms with Gasteiger partial charge in [-0.05, 0) is 30.7 Å². The van der Waals surface area contributed by atoms with Crippen LogP contribution in [-0.2, 0) is 11.2 Å². The van der Waals surface area contributed by atoms with Crippen molar-refractivity contribution in [2.24, 2.45) is 0 Å². The Hall–Kier alpha value is -2.07. The number of benzene rings is 2. The van der Waals surface area contributed by atoms with Gasteiger partial charge in [-0.1, -0.05) is 35.9 Å². The van der Waals surface area contributed by atoms with Crippen LogP contribution in [-0.4, -0.2) is 13.0 Å². The summed E-state index contributed by atoms with van der Waals surface area (Å²) in [6.45, 7) is 1.86. The van der Waals surface area contributed by atoms with Crippen molar-refractivity contribution in [2.45, 2.75) is 19.4 Å². The van der Waals surface area contributed by atoms with E-state index in [1.807, 2.05) is 31.2 Å². The molecule has 22 heavy (non-hydrogen) atoms. The second-order valence-corrected chi connectivity index (χ2v) is 5.38. The van der Waals surface area contributed by atoms with Crippen molar-refractivity contribution in [1.82, 2.24) is 5.32 Å². The molecule has 1 atom stereocenters. The maximum absolute atomic E-state index is 13.7. The lowest BCUT2D eigenvalue weighted by Crippen LogP contribution is -2.28. The number of hydrogen-bond donors (Lipinski definition) is 1. The number of nitrogens with one attached hydrogen (secondary N) is 1. The normalized spacial score (nSPS) is 11.8. The highest BCUT2D eigenvalue weighted by Gasteiger charge is 2.15. The summed E-state index contributed by atoms with van der Waals surface area (Å²) in [7, 11) is 1.58. The maximum Gasteiger partial charge on any atom is 0.225 e. The fourth-order valence-electron chi connectivity index (χ4n) is 2.23. The highest BCUT2D eigenvalue weighted by molar-refractivity contribution is 6.30. The van der Waals surface area contributed by atoms with Crippen LogP contribution in [0.1, 0.15) is 24.1 Å². The van der Waals surface area contributed by atoms with Crippen molar-refractivity contribution in [2.75, 3.05) is 7.11 Å². The quantitative estimate of drug-likeness (QED) is 0.906. The third kappa shape index (κ3) is 3.98. The number of methoxy groups -OCH3 is 1. The number of carbonyl (C=O) groups is 1. The topological polar surface area (TPSA) is 38.3 Å². The molecule has 2 aromatic rings. The van der Waals surface area contributed by atoms with Crippen LogP contribution in [0.3, 0.4) is 0 Å². The molecule has 3 nitrogen and oxygen atoms in total. The van der Waals surface area contributed by atoms with Gasteiger partial charge < -0.3 is 10.1 Å². The molecule has 0 radical (unpaired) electrons. The molecule has 116 valence electrons. The van der Waals surface area contributed by atoms with Crippen molar-refractivity contribution < 1.29 is 13.9 Å². The zero-order valence-corrected chi connectivity index (χ0v) is 13.2. The van der Waals surface area contributed by atoms with Gasteiger partial charge in [-0.15, -0.1) is 0 Å². The summed E-state index contributed by atoms with van der Waals surface area (Å²) in [6, 6.07) is 11.5. The molecule has 2 aromatic carbocycles. The van der Waals surface area contributed by atoms with Gasteiger partial charge in [-0.25, -0.2) is 4.39 Å². The molecule has 0 aliphatic heterocycles. The first-order valence-electron chi connectivity index (χ1n) is 6.87. The second-order valence-electron chi connectivity index (χ2n) is 4.94. The molecule has 0 saturated heterocycles. The van der Waals surface area contributed by atoms with Crippen LogP contribution in [0, 0.1) is 5.82 Å². The molecule has 0 aromatic heterocycles. The lowest BCUT2D eigenvalue weighted by Gasteiger charge is -2.17. The summed E-state index contributed by atoms with van der Waals surface area (Å²) in [4.78, 5) is 12.1. The largest absolute Gasteiger partial charge is 0.496 e. The zero-order valence-electron chi connectivity index (χ0n) is 12.4. The molecule has 0 heterocycles. The van der Waals surface area contributed by atoms with Crippen LogP contribution in [0.25, 0.3) is 0 Å². The molecule has 0 spiro atoms. The van der Waals surface area contributed by atoms with Gasteiger partial charge in [0, 0.05) is 10.6 Å². The minimum absolute atomic E-state index is 0.0392. The summed E-state index contributed by atoms with van der Waals surface area (Å²) in [5.41, 5.74) is 1.18. The fraction of sp³-hybridized carbons (Fsp3) is 0.235. The maximum atomic E-state index is 13.7. The van der Waals surface area contributed by atoms with Gasteiger partial charge in [0.05, 0.1) is 19.6 Å². The van der Waals surface area contributed by atoms with Crippen molar-refractivity contribution >= 4 is 17.5 Å². The molecule has 0 unspecified atom stereocenters. The Morgan fingerprint density at radius 3 is 2.73 bits per heavy atom. The molecule has 0 fully saturated rings. The Kier molecular flexibility index (Phi) is 5.39. The minimum Gasteiger partial charge on any atom is -0.496 e. The molecule has 0 aliphatic rings. The molecule has 1 N–H and O–H groups in total. The summed E-state index contributed by atoms with van der Waals surface area (Å²) in [6.07, 6.45) is -0.0392. The van der Waals surface area contributed by atoms with Crippen LogP contribution >= 0.6 is 11.6 Å². The number of hydrogen-bond acceptors (Lipinski definition) is 2. The first-order chi connectivity index (χ1) is 10.5. The first-order valence-corrected chi connectivity index (χ1v) is 7.25. The van der Waals surface area contributed by atoms with Crippen LogP contribution in [0.5, 0.6) is 5.75 Å². The molecule has 0 bridgehead atoms. The Balaban J connectivity index is 2.05. The van der Waals surface area contributed by atoms with E-state index in [0.717, 1.165) is 5.56 Å². The lowest BCUT2D eigenvalue weighted by molar-refractivity contribution is -0.121. The number of amides is 1. The van der Waals surface area contributed by atoms with E-state index < -0.39 is 5.82 Å². The number of rotatable bonds is 5. The van der Waals surface area contributed by atoms with E-state index in [1.165, 1.54) is 12.1 Å². The molecular weight excluding hydrogens is 305 g/mol. The van der Waals surface area contributed by atoms with Crippen LogP contribution in [0.4, 0.5) is 4.39 Å². The van der Waals surface area contributed by atoms with Crippen LogP contribution in [0.2, 0.25) is 5.02 Å². The number of para-hydroxylation sites is 1. The highest BCUT2D eigenvalue weighted by atomic mass is 35.5. The molecule has 1 amide bonds. The van der Waals surface area contributed by atoms with Crippen molar-refractivity contribution in [3.05, 3.63) is 64.4 Å². The summed E-state index contributed by atoms with van der Waals surface area (Å²) < 4.78 is 19.0. The predicted octanol–water partition coefficient (Wildman–Crippen LogP) is 3.91. The lowest BCUT2D eigenvalue weighted by atomic mass is 10.1. The van der Waals surface area contributed by atoms with E-state index in [4.69, 9.17) is 16.3 Å². The average molecular weight is 322 g/mol. The fourth-order valence-corrected chi connectivity index (χ4v) is 2.39. The number of halogens is 2. The number of carbonyl (C=O) groups excluding carboxylic acids is 1. The van der Waals surface area contributed by atoms with E-state index in [1.54, 1.807) is 13.2 Å². The van der Waals surface area contributed by atoms with E-state index in [2.05, 4.69) is 5.32 Å². The van der Waals surface area contributed by atoms with Gasteiger partial charge in [0.25, 0.3) is 0 Å². The highest BCUT2D eigenvalue weighted by Crippen LogP contribution is 2.24. The second kappa shape index (κ2) is 7.27. The SMILES string of the molecule is COc1ccccc1[C@@H](C)NC(=O)Cc1ccc(Cl)cc1F. The molecule has 2 rings (SSSR count). The molecular formula is C17H17ClFNO2. The summed E-state index contributed by atoms with van der Waals surface area (Å²) in [5.74, 6) is -0.0415.